The second-order valence-corrected chi connectivity index (χ2v) is 5.87. The van der Waals surface area contributed by atoms with Crippen LogP contribution in [-0.4, -0.2) is 23.4 Å². The molecule has 2 heterocycles. The van der Waals surface area contributed by atoms with Gasteiger partial charge >= 0.3 is 0 Å². The second kappa shape index (κ2) is 4.06. The first-order valence-electron chi connectivity index (χ1n) is 5.48. The lowest BCUT2D eigenvalue weighted by atomic mass is 10.4. The van der Waals surface area contributed by atoms with Crippen LogP contribution in [0.5, 0.6) is 0 Å². The van der Waals surface area contributed by atoms with Gasteiger partial charge in [-0.2, -0.15) is 0 Å². The van der Waals surface area contributed by atoms with E-state index in [0.717, 1.165) is 0 Å². The fourth-order valence-electron chi connectivity index (χ4n) is 1.90. The SMILES string of the molecule is Nc1ncnc2[nH]cc(S(=O)(=O)c3ccccc3)c12. The zero-order chi connectivity index (χ0) is 13.5. The van der Waals surface area contributed by atoms with Crippen molar-refractivity contribution < 1.29 is 8.42 Å². The molecule has 0 atom stereocenters. The number of fused-ring (bicyclic) bond motifs is 1. The van der Waals surface area contributed by atoms with Crippen molar-refractivity contribution in [2.75, 3.05) is 5.73 Å². The number of rotatable bonds is 2. The van der Waals surface area contributed by atoms with Crippen LogP contribution in [0.25, 0.3) is 11.0 Å². The molecule has 19 heavy (non-hydrogen) atoms. The first-order chi connectivity index (χ1) is 9.10. The highest BCUT2D eigenvalue weighted by Gasteiger charge is 2.23. The summed E-state index contributed by atoms with van der Waals surface area (Å²) >= 11 is 0. The lowest BCUT2D eigenvalue weighted by Gasteiger charge is -2.03. The van der Waals surface area contributed by atoms with Gasteiger partial charge in [0.2, 0.25) is 9.84 Å². The molecule has 0 aliphatic rings. The summed E-state index contributed by atoms with van der Waals surface area (Å²) < 4.78 is 25.1. The summed E-state index contributed by atoms with van der Waals surface area (Å²) in [6.07, 6.45) is 2.67. The Morgan fingerprint density at radius 2 is 1.84 bits per heavy atom. The van der Waals surface area contributed by atoms with Gasteiger partial charge in [0.05, 0.1) is 10.3 Å². The molecule has 0 fully saturated rings. The molecule has 0 saturated carbocycles. The Kier molecular flexibility index (Phi) is 2.49. The van der Waals surface area contributed by atoms with Crippen LogP contribution in [0, 0.1) is 0 Å². The number of aromatic amines is 1. The molecule has 2 aromatic heterocycles. The van der Waals surface area contributed by atoms with Crippen molar-refractivity contribution in [3.63, 3.8) is 0 Å². The van der Waals surface area contributed by atoms with Crippen molar-refractivity contribution in [2.45, 2.75) is 9.79 Å². The molecule has 1 aromatic carbocycles. The Morgan fingerprint density at radius 1 is 1.11 bits per heavy atom. The predicted octanol–water partition coefficient (Wildman–Crippen LogP) is 1.37. The number of anilines is 1. The molecule has 7 heteroatoms. The number of H-pyrrole nitrogens is 1. The number of nitrogens with two attached hydrogens (primary N) is 1. The summed E-state index contributed by atoms with van der Waals surface area (Å²) in [6, 6.07) is 8.16. The lowest BCUT2D eigenvalue weighted by Crippen LogP contribution is -2.02. The molecule has 6 nitrogen and oxygen atoms in total. The topological polar surface area (TPSA) is 102 Å². The highest BCUT2D eigenvalue weighted by Crippen LogP contribution is 2.29. The molecular weight excluding hydrogens is 264 g/mol. The van der Waals surface area contributed by atoms with Crippen LogP contribution in [0.3, 0.4) is 0 Å². The van der Waals surface area contributed by atoms with Crippen LogP contribution in [0.4, 0.5) is 5.82 Å². The van der Waals surface area contributed by atoms with Gasteiger partial charge in [-0.1, -0.05) is 18.2 Å². The summed E-state index contributed by atoms with van der Waals surface area (Å²) in [4.78, 5) is 10.9. The first-order valence-corrected chi connectivity index (χ1v) is 6.97. The van der Waals surface area contributed by atoms with Gasteiger partial charge in [-0.15, -0.1) is 0 Å². The molecule has 0 aliphatic heterocycles. The van der Waals surface area contributed by atoms with Gasteiger partial charge < -0.3 is 10.7 Å². The normalized spacial score (nSPS) is 11.8. The van der Waals surface area contributed by atoms with E-state index in [2.05, 4.69) is 15.0 Å². The standard InChI is InChI=1S/C12H10N4O2S/c13-11-10-9(6-14-12(10)16-7-15-11)19(17,18)8-4-2-1-3-5-8/h1-7H,(H3,13,14,15,16). The largest absolute Gasteiger partial charge is 0.383 e. The van der Waals surface area contributed by atoms with Gasteiger partial charge in [0.1, 0.15) is 22.7 Å². The fraction of sp³-hybridized carbons (Fsp3) is 0. The molecule has 3 aromatic rings. The van der Waals surface area contributed by atoms with E-state index in [9.17, 15) is 8.42 Å². The molecule has 96 valence electrons. The van der Waals surface area contributed by atoms with E-state index in [1.54, 1.807) is 18.2 Å². The smallest absolute Gasteiger partial charge is 0.208 e. The number of nitrogen functional groups attached to an aromatic ring is 1. The predicted molar refractivity (Wildman–Crippen MR) is 70.2 cm³/mol. The fourth-order valence-corrected chi connectivity index (χ4v) is 3.35. The molecule has 0 amide bonds. The summed E-state index contributed by atoms with van der Waals surface area (Å²) in [5, 5.41) is 0.325. The maximum absolute atomic E-state index is 12.5. The van der Waals surface area contributed by atoms with Crippen molar-refractivity contribution in [1.82, 2.24) is 15.0 Å². The number of hydrogen-bond donors (Lipinski definition) is 2. The number of benzene rings is 1. The van der Waals surface area contributed by atoms with Crippen LogP contribution in [0.15, 0.2) is 52.6 Å². The van der Waals surface area contributed by atoms with Crippen LogP contribution >= 0.6 is 0 Å². The third kappa shape index (κ3) is 1.75. The molecule has 0 bridgehead atoms. The van der Waals surface area contributed by atoms with E-state index < -0.39 is 9.84 Å². The first kappa shape index (κ1) is 11.7. The van der Waals surface area contributed by atoms with Crippen molar-refractivity contribution in [3.8, 4) is 0 Å². The average Bonchev–Trinajstić information content (AvgIpc) is 2.86. The Hall–Kier alpha value is -2.41. The van der Waals surface area contributed by atoms with E-state index >= 15 is 0 Å². The van der Waals surface area contributed by atoms with Gasteiger partial charge in [0, 0.05) is 6.20 Å². The quantitative estimate of drug-likeness (QED) is 0.735. The van der Waals surface area contributed by atoms with Crippen LogP contribution in [-0.2, 0) is 9.84 Å². The van der Waals surface area contributed by atoms with Gasteiger partial charge in [0.15, 0.2) is 0 Å². The Balaban J connectivity index is 2.31. The third-order valence-corrected chi connectivity index (χ3v) is 4.60. The minimum Gasteiger partial charge on any atom is -0.383 e. The number of nitrogens with zero attached hydrogens (tertiary/aromatic N) is 2. The van der Waals surface area contributed by atoms with Crippen LogP contribution < -0.4 is 5.73 Å². The van der Waals surface area contributed by atoms with Crippen LogP contribution in [0.1, 0.15) is 0 Å². The van der Waals surface area contributed by atoms with Crippen molar-refractivity contribution >= 4 is 26.7 Å². The molecule has 0 aliphatic carbocycles. The lowest BCUT2D eigenvalue weighted by molar-refractivity contribution is 0.597. The van der Waals surface area contributed by atoms with Gasteiger partial charge in [-0.3, -0.25) is 0 Å². The molecule has 0 radical (unpaired) electrons. The number of aromatic nitrogens is 3. The molecule has 0 saturated heterocycles. The zero-order valence-corrected chi connectivity index (χ0v) is 10.6. The minimum absolute atomic E-state index is 0.0896. The third-order valence-electron chi connectivity index (χ3n) is 2.81. The molecule has 0 unspecified atom stereocenters. The second-order valence-electron chi connectivity index (χ2n) is 3.95. The minimum atomic E-state index is -3.64. The van der Waals surface area contributed by atoms with E-state index in [0.29, 0.717) is 11.0 Å². The number of sulfone groups is 1. The molecular formula is C12H10N4O2S. The van der Waals surface area contributed by atoms with Crippen molar-refractivity contribution in [3.05, 3.63) is 42.9 Å². The maximum Gasteiger partial charge on any atom is 0.208 e. The van der Waals surface area contributed by atoms with E-state index in [1.165, 1.54) is 24.7 Å². The molecule has 3 rings (SSSR count). The Morgan fingerprint density at radius 3 is 2.58 bits per heavy atom. The molecule has 3 N–H and O–H groups in total. The highest BCUT2D eigenvalue weighted by molar-refractivity contribution is 7.91. The van der Waals surface area contributed by atoms with Gasteiger partial charge in [0.25, 0.3) is 0 Å². The van der Waals surface area contributed by atoms with E-state index in [4.69, 9.17) is 5.73 Å². The Labute approximate surface area is 109 Å². The number of nitrogens with one attached hydrogen (secondary N) is 1. The summed E-state index contributed by atoms with van der Waals surface area (Å²) in [7, 11) is -3.64. The molecule has 0 spiro atoms. The van der Waals surface area contributed by atoms with Crippen LogP contribution in [0.2, 0.25) is 0 Å². The van der Waals surface area contributed by atoms with Gasteiger partial charge in [-0.25, -0.2) is 18.4 Å². The monoisotopic (exact) mass is 274 g/mol. The average molecular weight is 274 g/mol. The summed E-state index contributed by atoms with van der Waals surface area (Å²) in [5.41, 5.74) is 6.15. The summed E-state index contributed by atoms with van der Waals surface area (Å²) in [6.45, 7) is 0. The van der Waals surface area contributed by atoms with Crippen molar-refractivity contribution in [1.29, 1.82) is 0 Å². The highest BCUT2D eigenvalue weighted by atomic mass is 32.2. The zero-order valence-electron chi connectivity index (χ0n) is 9.74. The maximum atomic E-state index is 12.5. The Bertz CT molecular complexity index is 841. The van der Waals surface area contributed by atoms with E-state index in [1.807, 2.05) is 0 Å². The van der Waals surface area contributed by atoms with E-state index in [-0.39, 0.29) is 15.6 Å². The number of hydrogen-bond acceptors (Lipinski definition) is 5. The van der Waals surface area contributed by atoms with Gasteiger partial charge in [-0.05, 0) is 12.1 Å². The summed E-state index contributed by atoms with van der Waals surface area (Å²) in [5.74, 6) is 0.140. The van der Waals surface area contributed by atoms with Crippen molar-refractivity contribution in [2.24, 2.45) is 0 Å².